The zero-order valence-electron chi connectivity index (χ0n) is 28.3. The number of aromatic nitrogens is 3. The summed E-state index contributed by atoms with van der Waals surface area (Å²) in [6.45, 7) is 2.36. The number of halogens is 2. The van der Waals surface area contributed by atoms with E-state index >= 15 is 0 Å². The van der Waals surface area contributed by atoms with Crippen LogP contribution in [0.4, 0.5) is 14.5 Å². The van der Waals surface area contributed by atoms with Crippen molar-refractivity contribution >= 4 is 31.7 Å². The Balaban J connectivity index is 1.08. The van der Waals surface area contributed by atoms with Gasteiger partial charge in [-0.2, -0.15) is 12.7 Å². The second kappa shape index (κ2) is 14.4. The SMILES string of the molecule is Cc1ccc(S(=O)(=O)OCCn2cc(CN3C(=O)C4(OCCCO4)c4cc(S(=O)(=O)N5CCC[C@H]5CCc5ccc(F)cc5F)ccc43)nn2)cc1. The molecule has 2 saturated heterocycles. The molecule has 4 aromatic rings. The van der Waals surface area contributed by atoms with Crippen LogP contribution < -0.4 is 4.90 Å². The van der Waals surface area contributed by atoms with E-state index in [4.69, 9.17) is 13.7 Å². The van der Waals surface area contributed by atoms with Gasteiger partial charge >= 0.3 is 0 Å². The fourth-order valence-electron chi connectivity index (χ4n) is 6.84. The summed E-state index contributed by atoms with van der Waals surface area (Å²) in [6.07, 6.45) is 3.91. The fourth-order valence-corrected chi connectivity index (χ4v) is 9.49. The smallest absolute Gasteiger partial charge is 0.297 e. The maximum Gasteiger partial charge on any atom is 0.297 e. The molecule has 1 amide bonds. The number of hydrogen-bond acceptors (Lipinski definition) is 10. The Morgan fingerprint density at radius 3 is 2.46 bits per heavy atom. The van der Waals surface area contributed by atoms with Crippen molar-refractivity contribution < 1.29 is 44.1 Å². The van der Waals surface area contributed by atoms with Crippen LogP contribution in [0.5, 0.6) is 0 Å². The van der Waals surface area contributed by atoms with Crippen LogP contribution in [0.2, 0.25) is 0 Å². The Morgan fingerprint density at radius 1 is 0.962 bits per heavy atom. The molecule has 0 N–H and O–H groups in total. The summed E-state index contributed by atoms with van der Waals surface area (Å²) >= 11 is 0. The number of hydrogen-bond donors (Lipinski definition) is 0. The summed E-state index contributed by atoms with van der Waals surface area (Å²) in [5.41, 5.74) is 2.25. The Kier molecular flexibility index (Phi) is 10.0. The lowest BCUT2D eigenvalue weighted by Gasteiger charge is -2.32. The van der Waals surface area contributed by atoms with Crippen LogP contribution in [0.15, 0.2) is 76.7 Å². The third kappa shape index (κ3) is 7.00. The molecule has 1 aromatic heterocycles. The number of fused-ring (bicyclic) bond motifs is 2. The van der Waals surface area contributed by atoms with Gasteiger partial charge in [-0.1, -0.05) is 29.0 Å². The maximum absolute atomic E-state index is 14.3. The zero-order valence-corrected chi connectivity index (χ0v) is 29.9. The average molecular weight is 758 g/mol. The molecule has 7 rings (SSSR count). The van der Waals surface area contributed by atoms with E-state index in [2.05, 4.69) is 10.3 Å². The minimum Gasteiger partial charge on any atom is -0.338 e. The van der Waals surface area contributed by atoms with Crippen molar-refractivity contribution in [2.75, 3.05) is 31.3 Å². The van der Waals surface area contributed by atoms with E-state index in [0.29, 0.717) is 42.6 Å². The van der Waals surface area contributed by atoms with Crippen LogP contribution in [0, 0.1) is 18.6 Å². The van der Waals surface area contributed by atoms with Crippen LogP contribution in [0.1, 0.15) is 48.1 Å². The van der Waals surface area contributed by atoms with Gasteiger partial charge in [0.25, 0.3) is 21.8 Å². The molecule has 13 nitrogen and oxygen atoms in total. The lowest BCUT2D eigenvalue weighted by molar-refractivity contribution is -0.256. The highest BCUT2D eigenvalue weighted by atomic mass is 32.2. The molecule has 1 spiro atoms. The molecule has 0 radical (unpaired) electrons. The van der Waals surface area contributed by atoms with Crippen molar-refractivity contribution in [3.05, 3.63) is 101 Å². The first-order valence-electron chi connectivity index (χ1n) is 16.9. The topological polar surface area (TPSA) is 150 Å². The van der Waals surface area contributed by atoms with Gasteiger partial charge in [0.2, 0.25) is 10.0 Å². The summed E-state index contributed by atoms with van der Waals surface area (Å²) in [4.78, 5) is 15.5. The van der Waals surface area contributed by atoms with Gasteiger partial charge in [0.05, 0.1) is 54.6 Å². The number of rotatable bonds is 12. The standard InChI is InChI=1S/C35H37F2N5O8S2/c1-24-5-11-29(12-6-24)52(46,47)50-19-16-40-22-27(38-39-40)23-41-33-14-13-30(21-31(33)35(34(41)43)48-17-3-18-49-35)51(44,45)42-15-2-4-28(42)10-8-25-7-9-26(36)20-32(25)37/h5-7,9,11-14,20-22,28H,2-4,8,10,15-19,23H2,1H3/t28-/m0/s1. The predicted octanol–water partition coefficient (Wildman–Crippen LogP) is 4.19. The highest BCUT2D eigenvalue weighted by Gasteiger charge is 2.55. The first-order chi connectivity index (χ1) is 24.9. The number of carbonyl (C=O) groups is 1. The van der Waals surface area contributed by atoms with Crippen LogP contribution in [0.3, 0.4) is 0 Å². The zero-order chi connectivity index (χ0) is 36.7. The number of anilines is 1. The van der Waals surface area contributed by atoms with Crippen LogP contribution in [0.25, 0.3) is 0 Å². The van der Waals surface area contributed by atoms with Crippen molar-refractivity contribution in [1.29, 1.82) is 0 Å². The predicted molar refractivity (Wildman–Crippen MR) is 182 cm³/mol. The molecule has 1 atom stereocenters. The molecule has 3 aliphatic heterocycles. The summed E-state index contributed by atoms with van der Waals surface area (Å²) in [5.74, 6) is -3.74. The molecule has 3 aromatic carbocycles. The van der Waals surface area contributed by atoms with Crippen molar-refractivity contribution in [3.63, 3.8) is 0 Å². The van der Waals surface area contributed by atoms with Gasteiger partial charge in [-0.15, -0.1) is 5.10 Å². The number of aryl methyl sites for hydroxylation is 2. The van der Waals surface area contributed by atoms with Gasteiger partial charge in [0, 0.05) is 24.2 Å². The fraction of sp³-hybridized carbons (Fsp3) is 0.400. The lowest BCUT2D eigenvalue weighted by Crippen LogP contribution is -2.47. The molecule has 4 heterocycles. The van der Waals surface area contributed by atoms with Gasteiger partial charge in [0.15, 0.2) is 0 Å². The molecule has 0 aliphatic carbocycles. The van der Waals surface area contributed by atoms with Gasteiger partial charge in [-0.3, -0.25) is 8.98 Å². The molecule has 17 heteroatoms. The van der Waals surface area contributed by atoms with Crippen LogP contribution in [-0.4, -0.2) is 74.4 Å². The van der Waals surface area contributed by atoms with E-state index in [0.717, 1.165) is 11.6 Å². The quantitative estimate of drug-likeness (QED) is 0.193. The molecule has 3 aliphatic rings. The normalized spacial score (nSPS) is 19.1. The number of sulfonamides is 1. The highest BCUT2D eigenvalue weighted by Crippen LogP contribution is 2.47. The molecule has 0 saturated carbocycles. The van der Waals surface area contributed by atoms with E-state index < -0.39 is 49.5 Å². The lowest BCUT2D eigenvalue weighted by atomic mass is 10.0. The van der Waals surface area contributed by atoms with Gasteiger partial charge in [-0.25, -0.2) is 21.9 Å². The Labute approximate surface area is 300 Å². The van der Waals surface area contributed by atoms with E-state index in [1.807, 2.05) is 6.92 Å². The number of nitrogens with zero attached hydrogens (tertiary/aromatic N) is 5. The molecule has 0 unspecified atom stereocenters. The van der Waals surface area contributed by atoms with Crippen molar-refractivity contribution in [3.8, 4) is 0 Å². The van der Waals surface area contributed by atoms with Gasteiger partial charge in [-0.05, 0) is 81.0 Å². The Hall–Kier alpha value is -4.13. The van der Waals surface area contributed by atoms with E-state index in [9.17, 15) is 30.4 Å². The Morgan fingerprint density at radius 2 is 1.71 bits per heavy atom. The van der Waals surface area contributed by atoms with Crippen LogP contribution >= 0.6 is 0 Å². The molecule has 2 fully saturated rings. The average Bonchev–Trinajstić information content (AvgIpc) is 3.84. The van der Waals surface area contributed by atoms with E-state index in [1.165, 1.54) is 50.3 Å². The van der Waals surface area contributed by atoms with E-state index in [-0.39, 0.29) is 61.2 Å². The van der Waals surface area contributed by atoms with Gasteiger partial charge < -0.3 is 14.4 Å². The highest BCUT2D eigenvalue weighted by molar-refractivity contribution is 7.89. The number of benzene rings is 3. The number of amides is 1. The molecular formula is C35H37F2N5O8S2. The molecule has 0 bridgehead atoms. The maximum atomic E-state index is 14.3. The summed E-state index contributed by atoms with van der Waals surface area (Å²) < 4.78 is 101. The monoisotopic (exact) mass is 757 g/mol. The van der Waals surface area contributed by atoms with Crippen molar-refractivity contribution in [2.45, 2.75) is 73.7 Å². The third-order valence-corrected chi connectivity index (χ3v) is 12.8. The molecular weight excluding hydrogens is 721 g/mol. The number of ether oxygens (including phenoxy) is 2. The third-order valence-electron chi connectivity index (χ3n) is 9.51. The summed E-state index contributed by atoms with van der Waals surface area (Å²) in [6, 6.07) is 13.7. The first-order valence-corrected chi connectivity index (χ1v) is 19.8. The largest absolute Gasteiger partial charge is 0.338 e. The molecule has 276 valence electrons. The van der Waals surface area contributed by atoms with Crippen molar-refractivity contribution in [1.82, 2.24) is 19.3 Å². The van der Waals surface area contributed by atoms with Gasteiger partial charge in [0.1, 0.15) is 17.3 Å². The second-order valence-electron chi connectivity index (χ2n) is 13.0. The van der Waals surface area contributed by atoms with Crippen LogP contribution in [-0.2, 0) is 63.9 Å². The minimum atomic E-state index is -4.06. The second-order valence-corrected chi connectivity index (χ2v) is 16.5. The van der Waals surface area contributed by atoms with Crippen molar-refractivity contribution in [2.24, 2.45) is 0 Å². The number of carbonyl (C=O) groups excluding carboxylic acids is 1. The molecule has 52 heavy (non-hydrogen) atoms. The minimum absolute atomic E-state index is 0.0376. The summed E-state index contributed by atoms with van der Waals surface area (Å²) in [7, 11) is -8.03. The van der Waals surface area contributed by atoms with E-state index in [1.54, 1.807) is 24.4 Å². The first kappa shape index (κ1) is 36.2. The summed E-state index contributed by atoms with van der Waals surface area (Å²) in [5, 5.41) is 8.21. The Bertz CT molecular complexity index is 2190.